The summed E-state index contributed by atoms with van der Waals surface area (Å²) in [6.07, 6.45) is -0.286. The Labute approximate surface area is 273 Å². The van der Waals surface area contributed by atoms with Gasteiger partial charge in [-0.05, 0) is 59.1 Å². The van der Waals surface area contributed by atoms with E-state index in [0.29, 0.717) is 52.7 Å². The van der Waals surface area contributed by atoms with Crippen molar-refractivity contribution in [2.24, 2.45) is 10.1 Å². The summed E-state index contributed by atoms with van der Waals surface area (Å²) in [4.78, 5) is 22.4. The molecule has 2 atom stereocenters. The summed E-state index contributed by atoms with van der Waals surface area (Å²) in [6, 6.07) is 29.1. The monoisotopic (exact) mass is 688 g/mol. The van der Waals surface area contributed by atoms with Gasteiger partial charge in [0.15, 0.2) is 11.6 Å². The van der Waals surface area contributed by atoms with E-state index >= 15 is 0 Å². The van der Waals surface area contributed by atoms with E-state index in [9.17, 15) is 10.3 Å². The number of amides is 1. The summed E-state index contributed by atoms with van der Waals surface area (Å²) >= 11 is 9.80. The topological polar surface area (TPSA) is 141 Å². The second kappa shape index (κ2) is 15.1. The Morgan fingerprint density at radius 3 is 2.62 bits per heavy atom. The van der Waals surface area contributed by atoms with Crippen molar-refractivity contribution in [3.8, 4) is 5.75 Å². The van der Waals surface area contributed by atoms with Gasteiger partial charge in [0.25, 0.3) is 5.91 Å². The summed E-state index contributed by atoms with van der Waals surface area (Å²) in [6.45, 7) is 0.736. The van der Waals surface area contributed by atoms with Gasteiger partial charge in [-0.2, -0.15) is 0 Å². The van der Waals surface area contributed by atoms with Crippen molar-refractivity contribution in [2.45, 2.75) is 31.0 Å². The van der Waals surface area contributed by atoms with E-state index in [1.54, 1.807) is 30.3 Å². The minimum absolute atomic E-state index is 0.0417. The lowest BCUT2D eigenvalue weighted by atomic mass is 9.81. The van der Waals surface area contributed by atoms with Gasteiger partial charge in [-0.15, -0.1) is 0 Å². The molecule has 1 amide bonds. The summed E-state index contributed by atoms with van der Waals surface area (Å²) in [5.74, 6) is 0.453. The van der Waals surface area contributed by atoms with Crippen molar-refractivity contribution >= 4 is 45.0 Å². The summed E-state index contributed by atoms with van der Waals surface area (Å²) < 4.78 is 13.0. The van der Waals surface area contributed by atoms with Crippen molar-refractivity contribution in [1.82, 2.24) is 10.9 Å². The van der Waals surface area contributed by atoms with E-state index in [1.807, 2.05) is 66.7 Å². The number of nitrogens with zero attached hydrogens (tertiary/aromatic N) is 4. The number of nitrogens with one attached hydrogen (secondary N) is 2. The van der Waals surface area contributed by atoms with Gasteiger partial charge >= 0.3 is 0 Å². The molecule has 0 unspecified atom stereocenters. The number of aliphatic hydroxyl groups excluding tert-OH is 1. The summed E-state index contributed by atoms with van der Waals surface area (Å²) in [5, 5.41) is 13.5. The molecule has 3 N–H and O–H groups in total. The van der Waals surface area contributed by atoms with Gasteiger partial charge in [0, 0.05) is 57.2 Å². The first-order valence-corrected chi connectivity index (χ1v) is 15.4. The van der Waals surface area contributed by atoms with Gasteiger partial charge in [-0.1, -0.05) is 87.2 Å². The SMILES string of the molecule is [N-]=[N+]=Nc1ccccc1C[C@]1(C(=O)NNCc2cccc(Cl)c2)N=C(c2ccc(OCCCO)cc2)O[C@H]1c1ccccc1Br. The van der Waals surface area contributed by atoms with Crippen LogP contribution in [-0.4, -0.2) is 35.7 Å². The molecule has 0 fully saturated rings. The van der Waals surface area contributed by atoms with Crippen LogP contribution in [0.15, 0.2) is 112 Å². The number of benzene rings is 4. The average molecular weight is 690 g/mol. The number of aliphatic imine (C=N–C) groups is 1. The molecular formula is C33H30BrClN6O4. The van der Waals surface area contributed by atoms with Gasteiger partial charge in [-0.25, -0.2) is 10.4 Å². The molecule has 4 aromatic rings. The number of ether oxygens (including phenoxy) is 2. The molecule has 4 aromatic carbocycles. The lowest BCUT2D eigenvalue weighted by Crippen LogP contribution is -2.53. The average Bonchev–Trinajstić information content (AvgIpc) is 3.43. The number of hydrazine groups is 1. The third-order valence-corrected chi connectivity index (χ3v) is 8.16. The quantitative estimate of drug-likeness (QED) is 0.0451. The molecule has 1 heterocycles. The minimum Gasteiger partial charge on any atom is -0.494 e. The van der Waals surface area contributed by atoms with Crippen molar-refractivity contribution < 1.29 is 19.4 Å². The second-order valence-electron chi connectivity index (χ2n) is 10.2. The maximum atomic E-state index is 14.4. The maximum Gasteiger partial charge on any atom is 0.266 e. The van der Waals surface area contributed by atoms with Crippen LogP contribution in [0.1, 0.15) is 34.8 Å². The first kappa shape index (κ1) is 32.0. The van der Waals surface area contributed by atoms with Crippen molar-refractivity contribution in [3.05, 3.63) is 139 Å². The highest BCUT2D eigenvalue weighted by molar-refractivity contribution is 9.10. The van der Waals surface area contributed by atoms with Crippen molar-refractivity contribution in [2.75, 3.05) is 13.2 Å². The van der Waals surface area contributed by atoms with Gasteiger partial charge in [0.1, 0.15) is 5.75 Å². The first-order valence-electron chi connectivity index (χ1n) is 14.2. The summed E-state index contributed by atoms with van der Waals surface area (Å²) in [5.41, 5.74) is 16.8. The van der Waals surface area contributed by atoms with E-state index in [4.69, 9.17) is 31.2 Å². The lowest BCUT2D eigenvalue weighted by molar-refractivity contribution is -0.130. The van der Waals surface area contributed by atoms with Crippen molar-refractivity contribution in [1.29, 1.82) is 0 Å². The Hall–Kier alpha value is -4.38. The molecule has 5 rings (SSSR count). The molecule has 0 saturated carbocycles. The normalized spacial score (nSPS) is 17.1. The smallest absolute Gasteiger partial charge is 0.266 e. The molecule has 10 nitrogen and oxygen atoms in total. The van der Waals surface area contributed by atoms with Crippen molar-refractivity contribution in [3.63, 3.8) is 0 Å². The third-order valence-electron chi connectivity index (χ3n) is 7.21. The fraction of sp³-hybridized carbons (Fsp3) is 0.212. The van der Waals surface area contributed by atoms with Crippen LogP contribution in [-0.2, 0) is 22.5 Å². The predicted octanol–water partition coefficient (Wildman–Crippen LogP) is 7.13. The van der Waals surface area contributed by atoms with Crippen LogP contribution >= 0.6 is 27.5 Å². The van der Waals surface area contributed by atoms with E-state index in [1.165, 1.54) is 0 Å². The van der Waals surface area contributed by atoms with E-state index < -0.39 is 17.6 Å². The molecule has 0 radical (unpaired) electrons. The van der Waals surface area contributed by atoms with Gasteiger partial charge in [0.05, 0.1) is 6.61 Å². The number of carbonyl (C=O) groups is 1. The number of carbonyl (C=O) groups excluding carboxylic acids is 1. The number of hydrogen-bond acceptors (Lipinski definition) is 7. The van der Waals surface area contributed by atoms with E-state index in [-0.39, 0.29) is 18.9 Å². The van der Waals surface area contributed by atoms with Crippen LogP contribution in [0.5, 0.6) is 5.75 Å². The van der Waals surface area contributed by atoms with Gasteiger partial charge in [-0.3, -0.25) is 10.2 Å². The zero-order chi connectivity index (χ0) is 31.6. The molecule has 45 heavy (non-hydrogen) atoms. The number of hydrogen-bond donors (Lipinski definition) is 3. The zero-order valence-electron chi connectivity index (χ0n) is 24.1. The highest BCUT2D eigenvalue weighted by Gasteiger charge is 2.54. The molecule has 1 aliphatic rings. The van der Waals surface area contributed by atoms with Crippen LogP contribution in [0.25, 0.3) is 10.4 Å². The summed E-state index contributed by atoms with van der Waals surface area (Å²) in [7, 11) is 0. The van der Waals surface area contributed by atoms with Crippen LogP contribution < -0.4 is 15.6 Å². The van der Waals surface area contributed by atoms with Crippen LogP contribution in [0.2, 0.25) is 5.02 Å². The molecule has 0 aromatic heterocycles. The second-order valence-corrected chi connectivity index (χ2v) is 11.5. The number of halogens is 2. The first-order chi connectivity index (χ1) is 21.9. The number of azide groups is 1. The number of aliphatic hydroxyl groups is 1. The molecule has 0 aliphatic carbocycles. The fourth-order valence-electron chi connectivity index (χ4n) is 5.03. The largest absolute Gasteiger partial charge is 0.494 e. The Kier molecular flexibility index (Phi) is 10.7. The van der Waals surface area contributed by atoms with Gasteiger partial charge < -0.3 is 14.6 Å². The lowest BCUT2D eigenvalue weighted by Gasteiger charge is -2.31. The molecular weight excluding hydrogens is 660 g/mol. The van der Waals surface area contributed by atoms with E-state index in [2.05, 4.69) is 36.8 Å². The number of rotatable bonds is 13. The fourth-order valence-corrected chi connectivity index (χ4v) is 5.73. The maximum absolute atomic E-state index is 14.4. The standard InChI is InChI=1S/C33H30BrClN6O4/c34-28-11-3-2-10-27(28)30-33(20-24-8-1-4-12-29(24)39-41-36,32(43)40-37-21-22-7-5-9-25(35)19-22)38-31(45-30)23-13-15-26(16-14-23)44-18-6-17-42/h1-5,7-16,19,30,37,42H,6,17-18,20-21H2,(H,40,43)/t30-,33-/m0/s1. The molecule has 0 bridgehead atoms. The Morgan fingerprint density at radius 2 is 1.87 bits per heavy atom. The molecule has 0 saturated heterocycles. The van der Waals surface area contributed by atoms with Crippen LogP contribution in [0.3, 0.4) is 0 Å². The minimum atomic E-state index is -1.53. The molecule has 12 heteroatoms. The van der Waals surface area contributed by atoms with Crippen LogP contribution in [0, 0.1) is 0 Å². The van der Waals surface area contributed by atoms with Gasteiger partial charge in [0.2, 0.25) is 5.90 Å². The Morgan fingerprint density at radius 1 is 1.09 bits per heavy atom. The Bertz CT molecular complexity index is 1730. The highest BCUT2D eigenvalue weighted by atomic mass is 79.9. The van der Waals surface area contributed by atoms with E-state index in [0.717, 1.165) is 10.0 Å². The molecule has 0 spiro atoms. The molecule has 230 valence electrons. The Balaban J connectivity index is 1.57. The highest BCUT2D eigenvalue weighted by Crippen LogP contribution is 2.45. The predicted molar refractivity (Wildman–Crippen MR) is 176 cm³/mol. The molecule has 1 aliphatic heterocycles. The third kappa shape index (κ3) is 7.65. The zero-order valence-corrected chi connectivity index (χ0v) is 26.4. The van der Waals surface area contributed by atoms with Crippen LogP contribution in [0.4, 0.5) is 5.69 Å².